The average molecular weight is 370 g/mol. The van der Waals surface area contributed by atoms with Gasteiger partial charge in [0, 0.05) is 22.4 Å². The van der Waals surface area contributed by atoms with Crippen molar-refractivity contribution in [3.05, 3.63) is 56.7 Å². The van der Waals surface area contributed by atoms with Crippen LogP contribution in [-0.2, 0) is 17.9 Å². The fraction of sp³-hybridized carbons (Fsp3) is 0.375. The van der Waals surface area contributed by atoms with E-state index in [0.29, 0.717) is 19.8 Å². The van der Waals surface area contributed by atoms with Crippen LogP contribution in [0.2, 0.25) is 0 Å². The molecule has 0 aliphatic carbocycles. The Morgan fingerprint density at radius 2 is 2.05 bits per heavy atom. The zero-order valence-electron chi connectivity index (χ0n) is 12.0. The molecular weight excluding hydrogens is 350 g/mol. The van der Waals surface area contributed by atoms with Crippen molar-refractivity contribution in [2.75, 3.05) is 20.2 Å². The number of hydrogen-bond donors (Lipinski definition) is 1. The molecule has 21 heavy (non-hydrogen) atoms. The Labute approximate surface area is 138 Å². The van der Waals surface area contributed by atoms with Crippen LogP contribution in [0, 0.1) is 0 Å². The smallest absolute Gasteiger partial charge is 0.0900 e. The molecule has 0 aliphatic heterocycles. The van der Waals surface area contributed by atoms with Crippen LogP contribution >= 0.6 is 27.3 Å². The van der Waals surface area contributed by atoms with Crippen molar-refractivity contribution in [1.29, 1.82) is 0 Å². The predicted octanol–water partition coefficient (Wildman–Crippen LogP) is 3.52. The lowest BCUT2D eigenvalue weighted by molar-refractivity contribution is 0.0135. The SMILES string of the molecule is CN(Cc1ccc(Br)cc1)C[C@H](O)COCc1cccs1. The van der Waals surface area contributed by atoms with Gasteiger partial charge in [-0.1, -0.05) is 34.1 Å². The molecule has 0 aliphatic rings. The number of benzene rings is 1. The van der Waals surface area contributed by atoms with Crippen molar-refractivity contribution in [3.63, 3.8) is 0 Å². The molecule has 5 heteroatoms. The maximum Gasteiger partial charge on any atom is 0.0900 e. The number of rotatable bonds is 8. The third-order valence-electron chi connectivity index (χ3n) is 3.02. The molecule has 2 aromatic rings. The quantitative estimate of drug-likeness (QED) is 0.772. The molecule has 0 fully saturated rings. The summed E-state index contributed by atoms with van der Waals surface area (Å²) >= 11 is 5.10. The molecule has 2 rings (SSSR count). The van der Waals surface area contributed by atoms with Gasteiger partial charge in [-0.25, -0.2) is 0 Å². The highest BCUT2D eigenvalue weighted by atomic mass is 79.9. The van der Waals surface area contributed by atoms with E-state index in [1.54, 1.807) is 11.3 Å². The lowest BCUT2D eigenvalue weighted by Crippen LogP contribution is -2.31. The summed E-state index contributed by atoms with van der Waals surface area (Å²) in [5.74, 6) is 0. The number of aliphatic hydroxyl groups is 1. The van der Waals surface area contributed by atoms with Gasteiger partial charge in [-0.15, -0.1) is 11.3 Å². The van der Waals surface area contributed by atoms with E-state index >= 15 is 0 Å². The van der Waals surface area contributed by atoms with E-state index in [-0.39, 0.29) is 0 Å². The Morgan fingerprint density at radius 1 is 1.29 bits per heavy atom. The van der Waals surface area contributed by atoms with Crippen LogP contribution in [0.25, 0.3) is 0 Å². The standard InChI is InChI=1S/C16H20BrNO2S/c1-18(9-13-4-6-14(17)7-5-13)10-15(19)11-20-12-16-3-2-8-21-16/h2-8,15,19H,9-12H2,1H3/t15-/m0/s1. The number of halogens is 1. The second-order valence-electron chi connectivity index (χ2n) is 5.07. The van der Waals surface area contributed by atoms with Crippen molar-refractivity contribution in [2.45, 2.75) is 19.3 Å². The monoisotopic (exact) mass is 369 g/mol. The van der Waals surface area contributed by atoms with Gasteiger partial charge in [0.25, 0.3) is 0 Å². The summed E-state index contributed by atoms with van der Waals surface area (Å²) in [6.45, 7) is 2.35. The molecule has 0 saturated heterocycles. The fourth-order valence-corrected chi connectivity index (χ4v) is 2.97. The van der Waals surface area contributed by atoms with E-state index in [4.69, 9.17) is 4.74 Å². The van der Waals surface area contributed by atoms with Crippen molar-refractivity contribution >= 4 is 27.3 Å². The third kappa shape index (κ3) is 6.28. The number of likely N-dealkylation sites (N-methyl/N-ethyl adjacent to an activating group) is 1. The molecule has 1 atom stereocenters. The highest BCUT2D eigenvalue weighted by Gasteiger charge is 2.09. The maximum atomic E-state index is 10.00. The van der Waals surface area contributed by atoms with Gasteiger partial charge in [0.2, 0.25) is 0 Å². The summed E-state index contributed by atoms with van der Waals surface area (Å²) in [4.78, 5) is 3.29. The summed E-state index contributed by atoms with van der Waals surface area (Å²) in [5, 5.41) is 12.0. The summed E-state index contributed by atoms with van der Waals surface area (Å²) in [7, 11) is 2.00. The minimum absolute atomic E-state index is 0.364. The van der Waals surface area contributed by atoms with Crippen LogP contribution in [0.3, 0.4) is 0 Å². The molecular formula is C16H20BrNO2S. The van der Waals surface area contributed by atoms with Crippen molar-refractivity contribution in [3.8, 4) is 0 Å². The minimum atomic E-state index is -0.467. The molecule has 0 unspecified atom stereocenters. The minimum Gasteiger partial charge on any atom is -0.389 e. The molecule has 0 spiro atoms. The highest BCUT2D eigenvalue weighted by Crippen LogP contribution is 2.12. The third-order valence-corrected chi connectivity index (χ3v) is 4.40. The Balaban J connectivity index is 1.66. The molecule has 0 bridgehead atoms. The highest BCUT2D eigenvalue weighted by molar-refractivity contribution is 9.10. The summed E-state index contributed by atoms with van der Waals surface area (Å²) in [5.41, 5.74) is 1.23. The van der Waals surface area contributed by atoms with E-state index in [1.165, 1.54) is 10.4 Å². The van der Waals surface area contributed by atoms with Crippen LogP contribution in [0.1, 0.15) is 10.4 Å². The van der Waals surface area contributed by atoms with Crippen LogP contribution in [-0.4, -0.2) is 36.3 Å². The summed E-state index contributed by atoms with van der Waals surface area (Å²) < 4.78 is 6.61. The second-order valence-corrected chi connectivity index (χ2v) is 7.02. The first-order chi connectivity index (χ1) is 10.1. The Hall–Kier alpha value is -0.720. The van der Waals surface area contributed by atoms with Gasteiger partial charge in [0.05, 0.1) is 19.3 Å². The van der Waals surface area contributed by atoms with Crippen LogP contribution in [0.15, 0.2) is 46.3 Å². The van der Waals surface area contributed by atoms with E-state index in [1.807, 2.05) is 36.7 Å². The summed E-state index contributed by atoms with van der Waals surface area (Å²) in [6.07, 6.45) is -0.467. The van der Waals surface area contributed by atoms with E-state index in [2.05, 4.69) is 33.0 Å². The zero-order chi connectivity index (χ0) is 15.1. The molecule has 1 aromatic carbocycles. The molecule has 0 radical (unpaired) electrons. The average Bonchev–Trinajstić information content (AvgIpc) is 2.94. The van der Waals surface area contributed by atoms with Gasteiger partial charge >= 0.3 is 0 Å². The van der Waals surface area contributed by atoms with E-state index < -0.39 is 6.10 Å². The Morgan fingerprint density at radius 3 is 2.71 bits per heavy atom. The first-order valence-electron chi connectivity index (χ1n) is 6.84. The molecule has 1 heterocycles. The van der Waals surface area contributed by atoms with Crippen molar-refractivity contribution in [2.24, 2.45) is 0 Å². The maximum absolute atomic E-state index is 10.00. The first-order valence-corrected chi connectivity index (χ1v) is 8.52. The number of ether oxygens (including phenoxy) is 1. The van der Waals surface area contributed by atoms with E-state index in [9.17, 15) is 5.11 Å². The number of thiophene rings is 1. The molecule has 114 valence electrons. The Bertz CT molecular complexity index is 516. The van der Waals surface area contributed by atoms with Gasteiger partial charge in [0.15, 0.2) is 0 Å². The fourth-order valence-electron chi connectivity index (χ4n) is 2.07. The number of nitrogens with zero attached hydrogens (tertiary/aromatic N) is 1. The van der Waals surface area contributed by atoms with Crippen LogP contribution < -0.4 is 0 Å². The van der Waals surface area contributed by atoms with Crippen molar-refractivity contribution in [1.82, 2.24) is 4.90 Å². The molecule has 0 amide bonds. The van der Waals surface area contributed by atoms with Gasteiger partial charge in [-0.05, 0) is 36.2 Å². The lowest BCUT2D eigenvalue weighted by Gasteiger charge is -2.20. The van der Waals surface area contributed by atoms with Crippen LogP contribution in [0.4, 0.5) is 0 Å². The van der Waals surface area contributed by atoms with Gasteiger partial charge in [0.1, 0.15) is 0 Å². The second kappa shape index (κ2) is 8.66. The largest absolute Gasteiger partial charge is 0.389 e. The van der Waals surface area contributed by atoms with Gasteiger partial charge in [-0.2, -0.15) is 0 Å². The number of hydrogen-bond acceptors (Lipinski definition) is 4. The van der Waals surface area contributed by atoms with Crippen molar-refractivity contribution < 1.29 is 9.84 Å². The molecule has 3 nitrogen and oxygen atoms in total. The predicted molar refractivity (Wildman–Crippen MR) is 90.5 cm³/mol. The topological polar surface area (TPSA) is 32.7 Å². The summed E-state index contributed by atoms with van der Waals surface area (Å²) in [6, 6.07) is 12.3. The van der Waals surface area contributed by atoms with Gasteiger partial charge < -0.3 is 9.84 Å². The van der Waals surface area contributed by atoms with Gasteiger partial charge in [-0.3, -0.25) is 4.90 Å². The number of aliphatic hydroxyl groups excluding tert-OH is 1. The molecule has 0 saturated carbocycles. The molecule has 1 N–H and O–H groups in total. The first kappa shape index (κ1) is 16.6. The molecule has 1 aromatic heterocycles. The van der Waals surface area contributed by atoms with E-state index in [0.717, 1.165) is 11.0 Å². The zero-order valence-corrected chi connectivity index (χ0v) is 14.4. The lowest BCUT2D eigenvalue weighted by atomic mass is 10.2. The normalized spacial score (nSPS) is 12.8. The van der Waals surface area contributed by atoms with Crippen LogP contribution in [0.5, 0.6) is 0 Å². The Kier molecular flexibility index (Phi) is 6.86.